The van der Waals surface area contributed by atoms with E-state index in [1.54, 1.807) is 41.5 Å². The summed E-state index contributed by atoms with van der Waals surface area (Å²) in [5.74, 6) is -1.69. The van der Waals surface area contributed by atoms with Crippen molar-refractivity contribution in [3.8, 4) is 0 Å². The second kappa shape index (κ2) is 15.2. The Bertz CT molecular complexity index is 1110. The van der Waals surface area contributed by atoms with Crippen molar-refractivity contribution in [3.05, 3.63) is 36.0 Å². The molecule has 2 atom stereocenters. The average Bonchev–Trinajstić information content (AvgIpc) is 3.23. The van der Waals surface area contributed by atoms with Crippen LogP contribution < -0.4 is 11.5 Å². The minimum absolute atomic E-state index is 0.0744. The minimum Gasteiger partial charge on any atom is -0.480 e. The third kappa shape index (κ3) is 11.6. The summed E-state index contributed by atoms with van der Waals surface area (Å²) in [6, 6.07) is 5.94. The number of aliphatic carboxylic acids is 1. The van der Waals surface area contributed by atoms with Gasteiger partial charge in [-0.1, -0.05) is 18.2 Å². The van der Waals surface area contributed by atoms with Crippen molar-refractivity contribution in [1.82, 2.24) is 9.88 Å². The molecular weight excluding hydrogens is 520 g/mol. The number of hydrogen-bond donors (Lipinski definition) is 4. The molecule has 12 nitrogen and oxygen atoms in total. The van der Waals surface area contributed by atoms with Crippen LogP contribution in [0.15, 0.2) is 30.5 Å². The molecule has 0 aliphatic carbocycles. The number of aromatic amines is 1. The quantitative estimate of drug-likeness (QED) is 0.197. The number of carboxylic acids is 1. The molecule has 2 amide bonds. The van der Waals surface area contributed by atoms with Crippen LogP contribution in [0.25, 0.3) is 10.9 Å². The maximum atomic E-state index is 12.4. The van der Waals surface area contributed by atoms with Crippen molar-refractivity contribution in [3.63, 3.8) is 0 Å². The molecule has 12 heteroatoms. The Morgan fingerprint density at radius 2 is 1.52 bits per heavy atom. The molecule has 0 bridgehead atoms. The van der Waals surface area contributed by atoms with Crippen LogP contribution in [-0.4, -0.2) is 76.1 Å². The van der Waals surface area contributed by atoms with Crippen LogP contribution in [0.5, 0.6) is 0 Å². The van der Waals surface area contributed by atoms with E-state index >= 15 is 0 Å². The molecule has 2 unspecified atom stereocenters. The van der Waals surface area contributed by atoms with Crippen LogP contribution in [0.4, 0.5) is 9.59 Å². The summed E-state index contributed by atoms with van der Waals surface area (Å²) < 4.78 is 14.9. The fraction of sp³-hybridized carbons (Fsp3) is 0.571. The molecule has 2 rings (SSSR count). The van der Waals surface area contributed by atoms with Crippen LogP contribution in [0.3, 0.4) is 0 Å². The number of carbonyl (C=O) groups is 4. The Morgan fingerprint density at radius 1 is 0.975 bits per heavy atom. The van der Waals surface area contributed by atoms with Gasteiger partial charge >= 0.3 is 24.1 Å². The van der Waals surface area contributed by atoms with E-state index in [1.165, 1.54) is 7.11 Å². The van der Waals surface area contributed by atoms with E-state index in [-0.39, 0.29) is 12.4 Å². The number of rotatable bonds is 9. The number of aromatic nitrogens is 1. The smallest absolute Gasteiger partial charge is 0.420 e. The highest BCUT2D eigenvalue weighted by Gasteiger charge is 2.40. The first-order valence-corrected chi connectivity index (χ1v) is 13.1. The van der Waals surface area contributed by atoms with Gasteiger partial charge in [0.1, 0.15) is 23.3 Å². The number of esters is 1. The number of methoxy groups -OCH3 is 1. The number of H-pyrrole nitrogens is 1. The van der Waals surface area contributed by atoms with E-state index in [4.69, 9.17) is 20.9 Å². The fourth-order valence-corrected chi connectivity index (χ4v) is 3.57. The summed E-state index contributed by atoms with van der Waals surface area (Å²) in [6.07, 6.45) is 1.39. The molecule has 6 N–H and O–H groups in total. The molecule has 0 radical (unpaired) electrons. The van der Waals surface area contributed by atoms with Crippen molar-refractivity contribution < 1.29 is 38.5 Å². The number of unbranched alkanes of at least 4 members (excludes halogenated alkanes) is 1. The van der Waals surface area contributed by atoms with Gasteiger partial charge < -0.3 is 35.8 Å². The van der Waals surface area contributed by atoms with Gasteiger partial charge in [-0.2, -0.15) is 4.90 Å². The van der Waals surface area contributed by atoms with Gasteiger partial charge in [-0.05, 0) is 79.0 Å². The van der Waals surface area contributed by atoms with E-state index in [0.717, 1.165) is 16.5 Å². The first kappa shape index (κ1) is 34.4. The molecule has 0 fully saturated rings. The van der Waals surface area contributed by atoms with Crippen molar-refractivity contribution >= 4 is 35.0 Å². The summed E-state index contributed by atoms with van der Waals surface area (Å²) in [5.41, 5.74) is 11.5. The van der Waals surface area contributed by atoms with Gasteiger partial charge in [-0.25, -0.2) is 14.4 Å². The number of fused-ring (bicyclic) bond motifs is 1. The number of nitrogens with two attached hydrogens (primary N) is 2. The van der Waals surface area contributed by atoms with Crippen LogP contribution >= 0.6 is 0 Å². The molecule has 40 heavy (non-hydrogen) atoms. The monoisotopic (exact) mass is 564 g/mol. The maximum absolute atomic E-state index is 12.4. The zero-order valence-corrected chi connectivity index (χ0v) is 24.5. The highest BCUT2D eigenvalue weighted by atomic mass is 16.6. The summed E-state index contributed by atoms with van der Waals surface area (Å²) in [4.78, 5) is 51.2. The lowest BCUT2D eigenvalue weighted by molar-refractivity contribution is -0.143. The van der Waals surface area contributed by atoms with Gasteiger partial charge in [0.15, 0.2) is 0 Å². The minimum atomic E-state index is -1.37. The second-order valence-corrected chi connectivity index (χ2v) is 11.2. The summed E-state index contributed by atoms with van der Waals surface area (Å²) >= 11 is 0. The highest BCUT2D eigenvalue weighted by Crippen LogP contribution is 2.20. The van der Waals surface area contributed by atoms with E-state index in [1.807, 2.05) is 30.5 Å². The summed E-state index contributed by atoms with van der Waals surface area (Å²) in [7, 11) is 1.34. The lowest BCUT2D eigenvalue weighted by Gasteiger charge is -2.31. The molecule has 0 aliphatic rings. The number of nitrogens with zero attached hydrogens (tertiary/aromatic N) is 1. The number of carbonyl (C=O) groups excluding carboxylic acids is 3. The molecule has 0 aliphatic heterocycles. The predicted molar refractivity (Wildman–Crippen MR) is 151 cm³/mol. The second-order valence-electron chi connectivity index (χ2n) is 11.2. The van der Waals surface area contributed by atoms with Gasteiger partial charge in [-0.15, -0.1) is 0 Å². The van der Waals surface area contributed by atoms with Gasteiger partial charge in [0.2, 0.25) is 0 Å². The SMILES string of the molecule is CC(C)(C)OC(=O)N(C(=O)OC(C)(C)C)C(CCCCN)C(=O)O.COC(=O)C(N)Cc1c[nH]c2ccccc12. The topological polar surface area (TPSA) is 187 Å². The van der Waals surface area contributed by atoms with Gasteiger partial charge in [0.25, 0.3) is 0 Å². The summed E-state index contributed by atoms with van der Waals surface area (Å²) in [5, 5.41) is 10.5. The standard InChI is InChI=1S/C16H30N2O6.C12H14N2O2/c1-15(2,3)23-13(21)18(14(22)24-16(4,5)6)11(12(19)20)9-7-8-10-17;1-16-12(15)10(13)6-8-7-14-11-5-3-2-4-9(8)11/h11H,7-10,17H2,1-6H3,(H,19,20);2-5,7,10,14H,6,13H2,1H3. The molecule has 1 aromatic carbocycles. The number of benzene rings is 1. The van der Waals surface area contributed by atoms with Crippen molar-refractivity contribution in [2.24, 2.45) is 11.5 Å². The normalized spacial score (nSPS) is 12.9. The number of ether oxygens (including phenoxy) is 3. The molecule has 1 aromatic heterocycles. The van der Waals surface area contributed by atoms with Gasteiger partial charge in [-0.3, -0.25) is 4.79 Å². The number of hydrogen-bond acceptors (Lipinski definition) is 9. The van der Waals surface area contributed by atoms with Crippen LogP contribution in [0.2, 0.25) is 0 Å². The number of imide groups is 1. The molecule has 1 heterocycles. The predicted octanol–water partition coefficient (Wildman–Crippen LogP) is 3.95. The van der Waals surface area contributed by atoms with E-state index in [0.29, 0.717) is 30.7 Å². The van der Waals surface area contributed by atoms with Gasteiger partial charge in [0, 0.05) is 23.5 Å². The number of carboxylic acid groups (broad SMARTS) is 1. The largest absolute Gasteiger partial charge is 0.480 e. The highest BCUT2D eigenvalue weighted by molar-refractivity contribution is 5.93. The van der Waals surface area contributed by atoms with Crippen LogP contribution in [-0.2, 0) is 30.2 Å². The Morgan fingerprint density at radius 3 is 2.00 bits per heavy atom. The maximum Gasteiger partial charge on any atom is 0.420 e. The van der Waals surface area contributed by atoms with Crippen molar-refractivity contribution in [2.75, 3.05) is 13.7 Å². The molecular formula is C28H44N4O8. The molecule has 2 aromatic rings. The van der Waals surface area contributed by atoms with Crippen LogP contribution in [0, 0.1) is 0 Å². The van der Waals surface area contributed by atoms with Crippen LogP contribution in [0.1, 0.15) is 66.4 Å². The Hall–Kier alpha value is -3.64. The molecule has 0 spiro atoms. The van der Waals surface area contributed by atoms with Crippen molar-refractivity contribution in [2.45, 2.75) is 90.5 Å². The average molecular weight is 565 g/mol. The lowest BCUT2D eigenvalue weighted by Crippen LogP contribution is -2.52. The zero-order chi connectivity index (χ0) is 30.7. The number of nitrogens with one attached hydrogen (secondary N) is 1. The number of para-hydroxylation sites is 1. The van der Waals surface area contributed by atoms with E-state index < -0.39 is 41.4 Å². The third-order valence-electron chi connectivity index (χ3n) is 5.33. The Balaban J connectivity index is 0.000000429. The number of amides is 2. The molecule has 224 valence electrons. The van der Waals surface area contributed by atoms with Gasteiger partial charge in [0.05, 0.1) is 7.11 Å². The molecule has 0 saturated carbocycles. The lowest BCUT2D eigenvalue weighted by atomic mass is 10.1. The van der Waals surface area contributed by atoms with E-state index in [9.17, 15) is 24.3 Å². The first-order chi connectivity index (χ1) is 18.5. The first-order valence-electron chi connectivity index (χ1n) is 13.1. The Kier molecular flexibility index (Phi) is 13.1. The third-order valence-corrected chi connectivity index (χ3v) is 5.33. The van der Waals surface area contributed by atoms with E-state index in [2.05, 4.69) is 9.72 Å². The zero-order valence-electron chi connectivity index (χ0n) is 24.5. The van der Waals surface area contributed by atoms with Crippen molar-refractivity contribution in [1.29, 1.82) is 0 Å². The molecule has 0 saturated heterocycles. The Labute approximate surface area is 235 Å². The summed E-state index contributed by atoms with van der Waals surface area (Å²) in [6.45, 7) is 10.2. The fourth-order valence-electron chi connectivity index (χ4n) is 3.57.